The third-order valence-corrected chi connectivity index (χ3v) is 5.49. The number of sulfonamides is 1. The van der Waals surface area contributed by atoms with Gasteiger partial charge in [0.2, 0.25) is 0 Å². The molecule has 1 aromatic rings. The molecule has 0 atom stereocenters. The molecule has 0 amide bonds. The molecule has 0 radical (unpaired) electrons. The Labute approximate surface area is 150 Å². The summed E-state index contributed by atoms with van der Waals surface area (Å²) in [6.45, 7) is 1.21. The number of benzene rings is 1. The van der Waals surface area contributed by atoms with E-state index < -0.39 is 26.6 Å². The van der Waals surface area contributed by atoms with Crippen molar-refractivity contribution in [1.82, 2.24) is 4.90 Å². The van der Waals surface area contributed by atoms with E-state index in [2.05, 4.69) is 4.40 Å². The minimum Gasteiger partial charge on any atom is -0.860 e. The van der Waals surface area contributed by atoms with Crippen molar-refractivity contribution in [3.8, 4) is 0 Å². The fourth-order valence-electron chi connectivity index (χ4n) is 2.86. The van der Waals surface area contributed by atoms with Crippen LogP contribution in [0.2, 0.25) is 0 Å². The zero-order chi connectivity index (χ0) is 18.7. The maximum Gasteiger partial charge on any atom is 0.285 e. The highest BCUT2D eigenvalue weighted by Crippen LogP contribution is 2.22. The van der Waals surface area contributed by atoms with Gasteiger partial charge in [-0.1, -0.05) is 18.2 Å². The predicted octanol–water partition coefficient (Wildman–Crippen LogP) is 2.28. The number of piperidine rings is 1. The second-order valence-corrected chi connectivity index (χ2v) is 7.58. The van der Waals surface area contributed by atoms with Crippen molar-refractivity contribution < 1.29 is 22.3 Å². The first-order valence-corrected chi connectivity index (χ1v) is 9.64. The van der Waals surface area contributed by atoms with Gasteiger partial charge in [-0.2, -0.15) is 12.8 Å². The number of halogens is 2. The lowest BCUT2D eigenvalue weighted by molar-refractivity contribution is -0.334. The topological polar surface area (TPSA) is 72.8 Å². The van der Waals surface area contributed by atoms with Gasteiger partial charge in [-0.3, -0.25) is 0 Å². The van der Waals surface area contributed by atoms with E-state index in [9.17, 15) is 22.3 Å². The Morgan fingerprint density at radius 2 is 1.77 bits per heavy atom. The van der Waals surface area contributed by atoms with Gasteiger partial charge >= 0.3 is 0 Å². The highest BCUT2D eigenvalue weighted by atomic mass is 32.2. The number of hydrogen-bond acceptors (Lipinski definition) is 4. The number of likely N-dealkylation sites (tertiary alicyclic amines) is 1. The van der Waals surface area contributed by atoms with Crippen LogP contribution in [0.25, 0.3) is 0 Å². The van der Waals surface area contributed by atoms with Crippen molar-refractivity contribution >= 4 is 15.7 Å². The molecule has 26 heavy (non-hydrogen) atoms. The summed E-state index contributed by atoms with van der Waals surface area (Å²) in [5, 5.41) is 12.7. The summed E-state index contributed by atoms with van der Waals surface area (Å²) in [7, 11) is -4.43. The van der Waals surface area contributed by atoms with E-state index in [1.54, 1.807) is 17.1 Å². The average molecular weight is 379 g/mol. The fourth-order valence-corrected chi connectivity index (χ4v) is 3.93. The van der Waals surface area contributed by atoms with Crippen LogP contribution in [0.5, 0.6) is 0 Å². The molecule has 5 nitrogen and oxygen atoms in total. The van der Waals surface area contributed by atoms with E-state index in [0.717, 1.165) is 31.4 Å². The fraction of sp³-hybridized carbons (Fsp3) is 0.278. The predicted molar refractivity (Wildman–Crippen MR) is 91.7 cm³/mol. The van der Waals surface area contributed by atoms with E-state index in [-0.39, 0.29) is 17.2 Å². The number of rotatable bonds is 3. The van der Waals surface area contributed by atoms with Crippen LogP contribution in [0.15, 0.2) is 63.3 Å². The zero-order valence-electron chi connectivity index (χ0n) is 13.9. The molecule has 8 heteroatoms. The maximum absolute atomic E-state index is 13.8. The lowest BCUT2D eigenvalue weighted by Crippen LogP contribution is -2.36. The lowest BCUT2D eigenvalue weighted by Gasteiger charge is -2.36. The van der Waals surface area contributed by atoms with Crippen LogP contribution in [-0.4, -0.2) is 32.1 Å². The monoisotopic (exact) mass is 379 g/mol. The first kappa shape index (κ1) is 18.3. The van der Waals surface area contributed by atoms with E-state index in [0.29, 0.717) is 19.2 Å². The van der Waals surface area contributed by atoms with E-state index in [1.165, 1.54) is 12.2 Å². The van der Waals surface area contributed by atoms with Gasteiger partial charge in [-0.15, -0.1) is 0 Å². The Kier molecular flexibility index (Phi) is 5.22. The van der Waals surface area contributed by atoms with Crippen LogP contribution < -0.4 is 5.11 Å². The summed E-state index contributed by atoms with van der Waals surface area (Å²) in [6.07, 6.45) is 8.87. The standard InChI is InChI=1S/C18H18F2N2O3S/c19-13-8-9-17(15(20)12-13)26(24,25)21-16-7-3-2-6-14(16)18(23)22-10-4-1-5-11-22/h2-3,6-9,12,23H,1,4-5,10-11H2/p-1. The molecule has 1 aliphatic heterocycles. The Hall–Kier alpha value is -2.48. The van der Waals surface area contributed by atoms with Crippen LogP contribution in [0.4, 0.5) is 8.78 Å². The first-order chi connectivity index (χ1) is 12.4. The van der Waals surface area contributed by atoms with Gasteiger partial charge in [0.15, 0.2) is 0 Å². The van der Waals surface area contributed by atoms with Crippen LogP contribution >= 0.6 is 0 Å². The summed E-state index contributed by atoms with van der Waals surface area (Å²) in [5.74, 6) is -2.42. The molecule has 3 rings (SSSR count). The Morgan fingerprint density at radius 3 is 2.46 bits per heavy atom. The molecule has 0 unspecified atom stereocenters. The second kappa shape index (κ2) is 7.41. The highest BCUT2D eigenvalue weighted by Gasteiger charge is 2.21. The van der Waals surface area contributed by atoms with Gasteiger partial charge in [0.25, 0.3) is 10.0 Å². The van der Waals surface area contributed by atoms with Gasteiger partial charge < -0.3 is 10.0 Å². The Morgan fingerprint density at radius 1 is 1.08 bits per heavy atom. The van der Waals surface area contributed by atoms with Crippen LogP contribution in [-0.2, 0) is 10.0 Å². The molecule has 0 bridgehead atoms. The molecule has 1 aromatic carbocycles. The molecule has 1 saturated heterocycles. The van der Waals surface area contributed by atoms with E-state index >= 15 is 0 Å². The maximum atomic E-state index is 13.8. The van der Waals surface area contributed by atoms with Gasteiger partial charge in [-0.25, -0.2) is 8.78 Å². The van der Waals surface area contributed by atoms with Crippen molar-refractivity contribution in [3.05, 3.63) is 65.6 Å². The number of nitrogens with zero attached hydrogens (tertiary/aromatic N) is 2. The average Bonchev–Trinajstić information content (AvgIpc) is 2.61. The van der Waals surface area contributed by atoms with Gasteiger partial charge in [0, 0.05) is 24.7 Å². The van der Waals surface area contributed by atoms with E-state index in [4.69, 9.17) is 0 Å². The van der Waals surface area contributed by atoms with Crippen LogP contribution in [0.1, 0.15) is 19.3 Å². The first-order valence-electron chi connectivity index (χ1n) is 8.20. The van der Waals surface area contributed by atoms with Crippen molar-refractivity contribution in [2.45, 2.75) is 24.2 Å². The summed E-state index contributed by atoms with van der Waals surface area (Å²) in [6, 6.07) is 2.14. The summed E-state index contributed by atoms with van der Waals surface area (Å²) < 4.78 is 55.4. The molecular weight excluding hydrogens is 362 g/mol. The molecule has 1 aliphatic carbocycles. The Balaban J connectivity index is 2.02. The second-order valence-electron chi connectivity index (χ2n) is 6.01. The smallest absolute Gasteiger partial charge is 0.285 e. The molecule has 0 aromatic heterocycles. The minimum absolute atomic E-state index is 0.0631. The van der Waals surface area contributed by atoms with Crippen molar-refractivity contribution in [3.63, 3.8) is 0 Å². The normalized spacial score (nSPS) is 21.3. The highest BCUT2D eigenvalue weighted by molar-refractivity contribution is 7.90. The molecular formula is C18H17F2N2O3S-. The molecule has 2 aliphatic rings. The number of allylic oxidation sites excluding steroid dienone is 5. The SMILES string of the molecule is O=S(=O)(N=C1C=CC=CC1=C([O-])N1CCCCC1)c1ccc(F)cc1F. The van der Waals surface area contributed by atoms with E-state index in [1.807, 2.05) is 0 Å². The van der Waals surface area contributed by atoms with Crippen LogP contribution in [0.3, 0.4) is 0 Å². The molecule has 138 valence electrons. The Bertz CT molecular complexity index is 928. The molecule has 1 fully saturated rings. The van der Waals surface area contributed by atoms with Crippen molar-refractivity contribution in [2.24, 2.45) is 4.40 Å². The summed E-state index contributed by atoms with van der Waals surface area (Å²) >= 11 is 0. The summed E-state index contributed by atoms with van der Waals surface area (Å²) in [5.41, 5.74) is 0.0762. The zero-order valence-corrected chi connectivity index (χ0v) is 14.7. The third-order valence-electron chi connectivity index (χ3n) is 4.17. The number of hydrogen-bond donors (Lipinski definition) is 0. The molecule has 1 heterocycles. The third kappa shape index (κ3) is 3.85. The molecule has 0 saturated carbocycles. The van der Waals surface area contributed by atoms with Crippen molar-refractivity contribution in [2.75, 3.05) is 13.1 Å². The quantitative estimate of drug-likeness (QED) is 0.756. The largest absolute Gasteiger partial charge is 0.860 e. The molecule has 0 spiro atoms. The summed E-state index contributed by atoms with van der Waals surface area (Å²) in [4.78, 5) is 0.919. The van der Waals surface area contributed by atoms with Gasteiger partial charge in [0.1, 0.15) is 16.5 Å². The van der Waals surface area contributed by atoms with Crippen molar-refractivity contribution in [1.29, 1.82) is 0 Å². The lowest BCUT2D eigenvalue weighted by atomic mass is 10.0. The van der Waals surface area contributed by atoms with Gasteiger partial charge in [0.05, 0.1) is 5.71 Å². The van der Waals surface area contributed by atoms with Crippen LogP contribution in [0, 0.1) is 11.6 Å². The van der Waals surface area contributed by atoms with Gasteiger partial charge in [-0.05, 0) is 43.4 Å². The molecule has 0 N–H and O–H groups in total. The minimum atomic E-state index is -4.43.